The molecule has 0 aromatic heterocycles. The number of aliphatic hydroxyl groups excluding tert-OH is 1. The Bertz CT molecular complexity index is 912. The molecule has 8 heteroatoms. The molecule has 0 fully saturated rings. The Hall–Kier alpha value is -2.06. The van der Waals surface area contributed by atoms with Gasteiger partial charge in [-0.2, -0.15) is 0 Å². The molecule has 2 aromatic carbocycles. The van der Waals surface area contributed by atoms with Crippen molar-refractivity contribution < 1.29 is 63.9 Å². The summed E-state index contributed by atoms with van der Waals surface area (Å²) in [5.41, 5.74) is 1.56. The van der Waals surface area contributed by atoms with Gasteiger partial charge in [0.2, 0.25) is 0 Å². The number of rotatable bonds is 13. The summed E-state index contributed by atoms with van der Waals surface area (Å²) >= 11 is 0. The second kappa shape index (κ2) is 14.3. The fourth-order valence-corrected chi connectivity index (χ4v) is 3.42. The van der Waals surface area contributed by atoms with E-state index in [1.807, 2.05) is 6.92 Å². The molecule has 7 nitrogen and oxygen atoms in total. The first-order chi connectivity index (χ1) is 15.2. The maximum Gasteiger partial charge on any atom is 1.00 e. The van der Waals surface area contributed by atoms with Crippen LogP contribution in [0, 0.1) is 5.92 Å². The molecule has 0 heterocycles. The van der Waals surface area contributed by atoms with Crippen LogP contribution < -0.4 is 44.1 Å². The average molecular weight is 467 g/mol. The van der Waals surface area contributed by atoms with Crippen molar-refractivity contribution in [3.05, 3.63) is 53.1 Å². The second-order valence-electron chi connectivity index (χ2n) is 7.86. The molecule has 2 N–H and O–H groups in total. The van der Waals surface area contributed by atoms with Crippen molar-refractivity contribution in [1.82, 2.24) is 0 Å². The number of phenols is 1. The normalized spacial score (nSPS) is 12.4. The Morgan fingerprint density at radius 1 is 1.06 bits per heavy atom. The van der Waals surface area contributed by atoms with E-state index in [1.54, 1.807) is 43.3 Å². The summed E-state index contributed by atoms with van der Waals surface area (Å²) in [6.07, 6.45) is 0.921. The van der Waals surface area contributed by atoms with Crippen LogP contribution in [-0.4, -0.2) is 35.2 Å². The van der Waals surface area contributed by atoms with E-state index in [-0.39, 0.29) is 47.5 Å². The zero-order valence-corrected chi connectivity index (χ0v) is 21.8. The van der Waals surface area contributed by atoms with Crippen molar-refractivity contribution in [1.29, 1.82) is 0 Å². The fourth-order valence-electron chi connectivity index (χ4n) is 3.42. The smallest absolute Gasteiger partial charge is 0.550 e. The van der Waals surface area contributed by atoms with Crippen LogP contribution in [-0.2, 0) is 11.2 Å². The van der Waals surface area contributed by atoms with Gasteiger partial charge >= 0.3 is 29.6 Å². The average Bonchev–Trinajstić information content (AvgIpc) is 2.75. The number of aliphatic hydroxyl groups is 1. The third-order valence-electron chi connectivity index (χ3n) is 5.18. The van der Waals surface area contributed by atoms with Crippen molar-refractivity contribution in [2.75, 3.05) is 13.2 Å². The quantitative estimate of drug-likeness (QED) is 0.246. The third-order valence-corrected chi connectivity index (χ3v) is 5.18. The van der Waals surface area contributed by atoms with Crippen LogP contribution in [0.15, 0.2) is 36.4 Å². The molecular formula is C25H31NaO7. The first-order valence-corrected chi connectivity index (χ1v) is 10.8. The van der Waals surface area contributed by atoms with Gasteiger partial charge in [0.05, 0.1) is 24.9 Å². The number of aliphatic carboxylic acids is 1. The number of carboxylic acid groups (broad SMARTS) is 1. The Morgan fingerprint density at radius 2 is 1.70 bits per heavy atom. The molecule has 0 amide bonds. The minimum Gasteiger partial charge on any atom is -0.550 e. The molecule has 0 bridgehead atoms. The summed E-state index contributed by atoms with van der Waals surface area (Å²) in [6, 6.07) is 10.2. The molecular weight excluding hydrogens is 435 g/mol. The summed E-state index contributed by atoms with van der Waals surface area (Å²) in [4.78, 5) is 22.3. The summed E-state index contributed by atoms with van der Waals surface area (Å²) in [5, 5.41) is 31.3. The maximum atomic E-state index is 11.6. The molecule has 0 aliphatic rings. The van der Waals surface area contributed by atoms with E-state index in [2.05, 4.69) is 0 Å². The van der Waals surface area contributed by atoms with Crippen LogP contribution >= 0.6 is 0 Å². The van der Waals surface area contributed by atoms with Gasteiger partial charge in [0.1, 0.15) is 17.2 Å². The number of hydrogen-bond acceptors (Lipinski definition) is 7. The Balaban J connectivity index is 0.00000544. The van der Waals surface area contributed by atoms with Crippen LogP contribution in [0.2, 0.25) is 0 Å². The molecule has 2 rings (SSSR count). The number of Topliss-reactive ketones (excluding diaryl/α,β-unsaturated/α-hetero) is 1. The number of carbonyl (C=O) groups is 2. The van der Waals surface area contributed by atoms with E-state index in [0.29, 0.717) is 54.2 Å². The molecule has 2 unspecified atom stereocenters. The minimum absolute atomic E-state index is 0. The Labute approximate surface area is 217 Å². The van der Waals surface area contributed by atoms with Gasteiger partial charge in [0.25, 0.3) is 0 Å². The third kappa shape index (κ3) is 8.66. The Kier molecular flexibility index (Phi) is 12.5. The van der Waals surface area contributed by atoms with Gasteiger partial charge in [-0.1, -0.05) is 32.4 Å². The molecule has 0 radical (unpaired) electrons. The number of hydrogen-bond donors (Lipinski definition) is 2. The van der Waals surface area contributed by atoms with Crippen molar-refractivity contribution in [3.63, 3.8) is 0 Å². The number of carbonyl (C=O) groups excluding carboxylic acids is 2. The Morgan fingerprint density at radius 3 is 2.27 bits per heavy atom. The number of benzene rings is 2. The van der Waals surface area contributed by atoms with Gasteiger partial charge in [0.15, 0.2) is 5.78 Å². The summed E-state index contributed by atoms with van der Waals surface area (Å²) in [5.74, 6) is -0.644. The van der Waals surface area contributed by atoms with Crippen LogP contribution in [0.5, 0.6) is 17.2 Å². The van der Waals surface area contributed by atoms with E-state index in [4.69, 9.17) is 9.47 Å². The topological polar surface area (TPSA) is 116 Å². The van der Waals surface area contributed by atoms with E-state index in [1.165, 1.54) is 6.92 Å². The number of ketones is 1. The van der Waals surface area contributed by atoms with Crippen LogP contribution in [0.25, 0.3) is 0 Å². The molecule has 0 spiro atoms. The largest absolute Gasteiger partial charge is 1.00 e. The number of carboxylic acids is 1. The van der Waals surface area contributed by atoms with Gasteiger partial charge < -0.3 is 29.6 Å². The van der Waals surface area contributed by atoms with Gasteiger partial charge in [-0.3, -0.25) is 4.79 Å². The molecule has 0 saturated carbocycles. The molecule has 2 aromatic rings. The monoisotopic (exact) mass is 466 g/mol. The second-order valence-corrected chi connectivity index (χ2v) is 7.86. The molecule has 2 atom stereocenters. The number of aromatic hydroxyl groups is 1. The zero-order valence-electron chi connectivity index (χ0n) is 19.8. The van der Waals surface area contributed by atoms with E-state index in [9.17, 15) is 24.9 Å². The summed E-state index contributed by atoms with van der Waals surface area (Å²) < 4.78 is 11.5. The van der Waals surface area contributed by atoms with Crippen molar-refractivity contribution in [2.24, 2.45) is 5.92 Å². The molecule has 0 aliphatic carbocycles. The van der Waals surface area contributed by atoms with Gasteiger partial charge in [-0.25, -0.2) is 0 Å². The predicted molar refractivity (Wildman–Crippen MR) is 118 cm³/mol. The first kappa shape index (κ1) is 29.0. The molecule has 0 saturated heterocycles. The fraction of sp³-hybridized carbons (Fsp3) is 0.440. The van der Waals surface area contributed by atoms with Gasteiger partial charge in [-0.15, -0.1) is 0 Å². The van der Waals surface area contributed by atoms with E-state index >= 15 is 0 Å². The van der Waals surface area contributed by atoms with Gasteiger partial charge in [-0.05, 0) is 55.5 Å². The first-order valence-electron chi connectivity index (χ1n) is 10.8. The zero-order chi connectivity index (χ0) is 23.7. The number of ether oxygens (including phenoxy) is 2. The van der Waals surface area contributed by atoms with Crippen LogP contribution in [0.4, 0.5) is 0 Å². The van der Waals surface area contributed by atoms with E-state index in [0.717, 1.165) is 6.42 Å². The predicted octanol–water partition coefficient (Wildman–Crippen LogP) is 0.209. The summed E-state index contributed by atoms with van der Waals surface area (Å²) in [7, 11) is 0. The van der Waals surface area contributed by atoms with Crippen LogP contribution in [0.1, 0.15) is 67.6 Å². The SMILES string of the molecule is CCCc1c(OCCCOc2ccc(C(O)C(C)CC(=O)[O-])cc2)ccc(C(C)=O)c1O.[Na+]. The number of phenolic OH excluding ortho intramolecular Hbond substituents is 1. The van der Waals surface area contributed by atoms with Crippen molar-refractivity contribution in [3.8, 4) is 17.2 Å². The van der Waals surface area contributed by atoms with Crippen molar-refractivity contribution in [2.45, 2.75) is 52.6 Å². The molecule has 33 heavy (non-hydrogen) atoms. The van der Waals surface area contributed by atoms with Crippen molar-refractivity contribution >= 4 is 11.8 Å². The maximum absolute atomic E-state index is 11.6. The molecule has 174 valence electrons. The van der Waals surface area contributed by atoms with Gasteiger partial charge in [0, 0.05) is 18.0 Å². The standard InChI is InChI=1S/C25H32O7.Na/c1-4-6-21-22(12-11-20(17(3)26)25(21)30)32-14-5-13-31-19-9-7-18(8-10-19)24(29)16(2)15-23(27)28;/h7-12,16,24,29-30H,4-6,13-15H2,1-3H3,(H,27,28);/q;+1/p-1. The molecule has 0 aliphatic heterocycles. The minimum atomic E-state index is -1.19. The van der Waals surface area contributed by atoms with E-state index < -0.39 is 18.0 Å². The summed E-state index contributed by atoms with van der Waals surface area (Å²) in [6.45, 7) is 5.86. The van der Waals surface area contributed by atoms with Crippen LogP contribution in [0.3, 0.4) is 0 Å².